The van der Waals surface area contributed by atoms with Crippen LogP contribution in [-0.2, 0) is 13.0 Å². The molecule has 0 unspecified atom stereocenters. The van der Waals surface area contributed by atoms with Crippen LogP contribution in [0.5, 0.6) is 0 Å². The Morgan fingerprint density at radius 3 is 2.92 bits per heavy atom. The SMILES string of the molecule is CCc1nc2n(n1)CCC[C@H]2NC(=O)Nc1cnn(-c2ccccc2)n1. The van der Waals surface area contributed by atoms with Gasteiger partial charge in [0.15, 0.2) is 11.6 Å². The van der Waals surface area contributed by atoms with E-state index in [9.17, 15) is 4.79 Å². The summed E-state index contributed by atoms with van der Waals surface area (Å²) in [6.07, 6.45) is 4.09. The van der Waals surface area contributed by atoms with Crippen LogP contribution in [0.2, 0.25) is 0 Å². The minimum atomic E-state index is -0.329. The van der Waals surface area contributed by atoms with Crippen LogP contribution < -0.4 is 10.6 Å². The summed E-state index contributed by atoms with van der Waals surface area (Å²) in [5.74, 6) is 2.01. The van der Waals surface area contributed by atoms with Crippen LogP contribution in [0.4, 0.5) is 10.6 Å². The predicted octanol–water partition coefficient (Wildman–Crippen LogP) is 2.08. The highest BCUT2D eigenvalue weighted by Gasteiger charge is 2.25. The maximum absolute atomic E-state index is 12.4. The van der Waals surface area contributed by atoms with Gasteiger partial charge in [-0.2, -0.15) is 10.2 Å². The number of fused-ring (bicyclic) bond motifs is 1. The largest absolute Gasteiger partial charge is 0.328 e. The highest BCUT2D eigenvalue weighted by atomic mass is 16.2. The fourth-order valence-electron chi connectivity index (χ4n) is 3.00. The van der Waals surface area contributed by atoms with E-state index in [1.807, 2.05) is 41.9 Å². The zero-order chi connectivity index (χ0) is 17.9. The average molecular weight is 352 g/mol. The molecule has 3 heterocycles. The van der Waals surface area contributed by atoms with Gasteiger partial charge in [0.1, 0.15) is 5.82 Å². The lowest BCUT2D eigenvalue weighted by atomic mass is 10.1. The minimum Gasteiger partial charge on any atom is -0.328 e. The smallest absolute Gasteiger partial charge is 0.321 e. The van der Waals surface area contributed by atoms with Gasteiger partial charge < -0.3 is 5.32 Å². The quantitative estimate of drug-likeness (QED) is 0.748. The van der Waals surface area contributed by atoms with Crippen molar-refractivity contribution in [2.24, 2.45) is 0 Å². The molecule has 2 amide bonds. The molecule has 0 saturated heterocycles. The number of para-hydroxylation sites is 1. The zero-order valence-electron chi connectivity index (χ0n) is 14.5. The first-order valence-electron chi connectivity index (χ1n) is 8.72. The number of benzene rings is 1. The maximum Gasteiger partial charge on any atom is 0.321 e. The third-order valence-electron chi connectivity index (χ3n) is 4.26. The number of urea groups is 1. The molecule has 0 spiro atoms. The van der Waals surface area contributed by atoms with Crippen molar-refractivity contribution >= 4 is 11.8 Å². The molecule has 2 aromatic heterocycles. The highest BCUT2D eigenvalue weighted by Crippen LogP contribution is 2.23. The van der Waals surface area contributed by atoms with Crippen molar-refractivity contribution in [1.82, 2.24) is 35.1 Å². The summed E-state index contributed by atoms with van der Waals surface area (Å²) >= 11 is 0. The number of carbonyl (C=O) groups excluding carboxylic acids is 1. The van der Waals surface area contributed by atoms with Gasteiger partial charge in [0.2, 0.25) is 0 Å². The second kappa shape index (κ2) is 6.95. The molecule has 1 aromatic carbocycles. The minimum absolute atomic E-state index is 0.152. The van der Waals surface area contributed by atoms with E-state index in [1.54, 1.807) is 0 Å². The van der Waals surface area contributed by atoms with Crippen molar-refractivity contribution in [3.8, 4) is 5.69 Å². The molecule has 0 aliphatic carbocycles. The molecular formula is C17H20N8O. The van der Waals surface area contributed by atoms with Crippen LogP contribution in [-0.4, -0.2) is 35.8 Å². The van der Waals surface area contributed by atoms with E-state index in [0.29, 0.717) is 5.82 Å². The topological polar surface area (TPSA) is 103 Å². The van der Waals surface area contributed by atoms with E-state index >= 15 is 0 Å². The number of hydrogen-bond donors (Lipinski definition) is 2. The number of rotatable bonds is 4. The molecular weight excluding hydrogens is 332 g/mol. The maximum atomic E-state index is 12.4. The summed E-state index contributed by atoms with van der Waals surface area (Å²) in [6, 6.07) is 9.04. The fraction of sp³-hybridized carbons (Fsp3) is 0.353. The molecule has 0 radical (unpaired) electrons. The van der Waals surface area contributed by atoms with Gasteiger partial charge >= 0.3 is 6.03 Å². The Kier molecular flexibility index (Phi) is 4.34. The number of amides is 2. The number of nitrogens with zero attached hydrogens (tertiary/aromatic N) is 6. The lowest BCUT2D eigenvalue weighted by molar-refractivity contribution is 0.244. The highest BCUT2D eigenvalue weighted by molar-refractivity contribution is 5.88. The van der Waals surface area contributed by atoms with Crippen LogP contribution >= 0.6 is 0 Å². The van der Waals surface area contributed by atoms with Gasteiger partial charge in [0.25, 0.3) is 0 Å². The van der Waals surface area contributed by atoms with Crippen molar-refractivity contribution in [1.29, 1.82) is 0 Å². The summed E-state index contributed by atoms with van der Waals surface area (Å²) in [4.78, 5) is 18.4. The first-order valence-corrected chi connectivity index (χ1v) is 8.72. The van der Waals surface area contributed by atoms with E-state index in [1.165, 1.54) is 11.0 Å². The molecule has 134 valence electrons. The van der Waals surface area contributed by atoms with Gasteiger partial charge in [-0.25, -0.2) is 14.5 Å². The Morgan fingerprint density at radius 1 is 1.27 bits per heavy atom. The second-order valence-electron chi connectivity index (χ2n) is 6.11. The van der Waals surface area contributed by atoms with Gasteiger partial charge in [-0.1, -0.05) is 25.1 Å². The van der Waals surface area contributed by atoms with Crippen LogP contribution in [0, 0.1) is 0 Å². The standard InChI is InChI=1S/C17H20N8O/c1-2-14-20-16-13(9-6-10-24(16)22-14)19-17(26)21-15-11-18-25(23-15)12-7-4-3-5-8-12/h3-5,7-8,11,13H,2,6,9-10H2,1H3,(H2,19,21,23,26)/t13-/m1/s1. The molecule has 3 aromatic rings. The lowest BCUT2D eigenvalue weighted by Gasteiger charge is -2.22. The van der Waals surface area contributed by atoms with Crippen molar-refractivity contribution in [2.75, 3.05) is 5.32 Å². The molecule has 0 bridgehead atoms. The molecule has 1 aliphatic rings. The van der Waals surface area contributed by atoms with Gasteiger partial charge in [0, 0.05) is 13.0 Å². The summed E-state index contributed by atoms with van der Waals surface area (Å²) < 4.78 is 1.89. The molecule has 1 atom stereocenters. The van der Waals surface area contributed by atoms with Gasteiger partial charge in [-0.15, -0.1) is 9.90 Å². The van der Waals surface area contributed by atoms with Crippen LogP contribution in [0.1, 0.15) is 37.5 Å². The van der Waals surface area contributed by atoms with Gasteiger partial charge in [-0.05, 0) is 25.0 Å². The molecule has 4 rings (SSSR count). The summed E-state index contributed by atoms with van der Waals surface area (Å²) in [6.45, 7) is 2.86. The van der Waals surface area contributed by atoms with E-state index in [2.05, 4.69) is 30.9 Å². The molecule has 9 nitrogen and oxygen atoms in total. The summed E-state index contributed by atoms with van der Waals surface area (Å²) in [5.41, 5.74) is 0.827. The van der Waals surface area contributed by atoms with Crippen molar-refractivity contribution < 1.29 is 4.79 Å². The zero-order valence-corrected chi connectivity index (χ0v) is 14.5. The molecule has 26 heavy (non-hydrogen) atoms. The summed E-state index contributed by atoms with van der Waals surface area (Å²) in [5, 5.41) is 18.6. The Labute approximate surface area is 150 Å². The molecule has 9 heteroatoms. The van der Waals surface area contributed by atoms with Crippen molar-refractivity contribution in [3.05, 3.63) is 48.2 Å². The van der Waals surface area contributed by atoms with Gasteiger partial charge in [-0.3, -0.25) is 5.32 Å². The molecule has 0 fully saturated rings. The molecule has 1 aliphatic heterocycles. The number of aryl methyl sites for hydroxylation is 2. The van der Waals surface area contributed by atoms with E-state index in [-0.39, 0.29) is 12.1 Å². The van der Waals surface area contributed by atoms with E-state index in [0.717, 1.165) is 43.1 Å². The molecule has 2 N–H and O–H groups in total. The average Bonchev–Trinajstić information content (AvgIpc) is 3.29. The predicted molar refractivity (Wildman–Crippen MR) is 94.9 cm³/mol. The number of carbonyl (C=O) groups is 1. The fourth-order valence-corrected chi connectivity index (χ4v) is 3.00. The number of anilines is 1. The Hall–Kier alpha value is -3.23. The monoisotopic (exact) mass is 352 g/mol. The van der Waals surface area contributed by atoms with Crippen molar-refractivity contribution in [3.63, 3.8) is 0 Å². The van der Waals surface area contributed by atoms with Gasteiger partial charge in [0.05, 0.1) is 17.9 Å². The van der Waals surface area contributed by atoms with Crippen LogP contribution in [0.15, 0.2) is 36.5 Å². The molecule has 0 saturated carbocycles. The third kappa shape index (κ3) is 3.28. The number of nitrogens with one attached hydrogen (secondary N) is 2. The Balaban J connectivity index is 1.42. The first kappa shape index (κ1) is 16.2. The van der Waals surface area contributed by atoms with Crippen molar-refractivity contribution in [2.45, 2.75) is 38.8 Å². The second-order valence-corrected chi connectivity index (χ2v) is 6.11. The Morgan fingerprint density at radius 2 is 2.12 bits per heavy atom. The first-order chi connectivity index (χ1) is 12.7. The lowest BCUT2D eigenvalue weighted by Crippen LogP contribution is -2.36. The van der Waals surface area contributed by atoms with Crippen LogP contribution in [0.25, 0.3) is 5.69 Å². The normalized spacial score (nSPS) is 16.1. The van der Waals surface area contributed by atoms with E-state index in [4.69, 9.17) is 0 Å². The third-order valence-corrected chi connectivity index (χ3v) is 4.26. The number of hydrogen-bond acceptors (Lipinski definition) is 5. The number of aromatic nitrogens is 6. The Bertz CT molecular complexity index is 901. The summed E-state index contributed by atoms with van der Waals surface area (Å²) in [7, 11) is 0. The van der Waals surface area contributed by atoms with Crippen LogP contribution in [0.3, 0.4) is 0 Å². The van der Waals surface area contributed by atoms with E-state index < -0.39 is 0 Å².